The second-order valence-electron chi connectivity index (χ2n) is 4.01. The molecule has 0 aliphatic carbocycles. The number of halogens is 1. The van der Waals surface area contributed by atoms with Gasteiger partial charge in [-0.15, -0.1) is 0 Å². The van der Waals surface area contributed by atoms with Gasteiger partial charge in [-0.3, -0.25) is 9.36 Å². The molecular weight excluding hydrogens is 312 g/mol. The van der Waals surface area contributed by atoms with E-state index in [1.807, 2.05) is 18.3 Å². The molecule has 2 heterocycles. The predicted octanol–water partition coefficient (Wildman–Crippen LogP) is 3.97. The van der Waals surface area contributed by atoms with Crippen molar-refractivity contribution in [3.8, 4) is 5.13 Å². The molecule has 0 amide bonds. The van der Waals surface area contributed by atoms with Crippen LogP contribution in [0.15, 0.2) is 34.9 Å². The van der Waals surface area contributed by atoms with Crippen molar-refractivity contribution in [3.05, 3.63) is 46.2 Å². The first-order valence-electron chi connectivity index (χ1n) is 5.38. The number of rotatable bonds is 2. The number of carbonyl (C=O) groups is 1. The van der Waals surface area contributed by atoms with Crippen LogP contribution in [0.1, 0.15) is 16.1 Å². The third-order valence-electron chi connectivity index (χ3n) is 2.69. The molecule has 1 aromatic carbocycles. The molecule has 0 fully saturated rings. The van der Waals surface area contributed by atoms with Crippen LogP contribution in [0.5, 0.6) is 0 Å². The lowest BCUT2D eigenvalue weighted by Crippen LogP contribution is -1.95. The molecule has 90 valence electrons. The number of hydrogen-bond donors (Lipinski definition) is 0. The number of thiazole rings is 1. The Kier molecular flexibility index (Phi) is 2.80. The molecule has 0 atom stereocenters. The number of fused-ring (bicyclic) bond motifs is 1. The van der Waals surface area contributed by atoms with Gasteiger partial charge in [-0.05, 0) is 52.7 Å². The molecule has 0 bridgehead atoms. The topological polar surface area (TPSA) is 34.9 Å². The van der Waals surface area contributed by atoms with Gasteiger partial charge in [-0.25, -0.2) is 4.98 Å². The molecule has 0 saturated heterocycles. The first-order valence-corrected chi connectivity index (χ1v) is 6.99. The van der Waals surface area contributed by atoms with Crippen molar-refractivity contribution in [2.75, 3.05) is 0 Å². The molecule has 18 heavy (non-hydrogen) atoms. The van der Waals surface area contributed by atoms with Crippen molar-refractivity contribution in [3.63, 3.8) is 0 Å². The van der Waals surface area contributed by atoms with Gasteiger partial charge in [0.1, 0.15) is 0 Å². The average molecular weight is 321 g/mol. The van der Waals surface area contributed by atoms with E-state index < -0.39 is 0 Å². The van der Waals surface area contributed by atoms with E-state index in [0.29, 0.717) is 5.69 Å². The van der Waals surface area contributed by atoms with Crippen LogP contribution in [0, 0.1) is 6.92 Å². The van der Waals surface area contributed by atoms with E-state index in [1.54, 1.807) is 22.0 Å². The fraction of sp³-hybridized carbons (Fsp3) is 0.0769. The summed E-state index contributed by atoms with van der Waals surface area (Å²) in [6, 6.07) is 7.77. The van der Waals surface area contributed by atoms with Crippen LogP contribution in [0.25, 0.3) is 15.3 Å². The molecule has 5 heteroatoms. The van der Waals surface area contributed by atoms with Gasteiger partial charge < -0.3 is 0 Å². The Morgan fingerprint density at radius 3 is 3.06 bits per heavy atom. The Labute approximate surface area is 116 Å². The van der Waals surface area contributed by atoms with Gasteiger partial charge in [0.2, 0.25) is 0 Å². The Morgan fingerprint density at radius 2 is 2.28 bits per heavy atom. The SMILES string of the molecule is Cc1cc(Br)c2nc(-n3cccc3C=O)sc2c1. The Morgan fingerprint density at radius 1 is 1.44 bits per heavy atom. The molecular formula is C13H9BrN2OS. The van der Waals surface area contributed by atoms with Gasteiger partial charge in [0, 0.05) is 10.7 Å². The van der Waals surface area contributed by atoms with E-state index in [0.717, 1.165) is 26.1 Å². The first-order chi connectivity index (χ1) is 8.69. The molecule has 0 saturated carbocycles. The summed E-state index contributed by atoms with van der Waals surface area (Å²) in [5.41, 5.74) is 2.74. The van der Waals surface area contributed by atoms with E-state index in [2.05, 4.69) is 33.9 Å². The fourth-order valence-electron chi connectivity index (χ4n) is 1.87. The minimum Gasteiger partial charge on any atom is -0.296 e. The predicted molar refractivity (Wildman–Crippen MR) is 76.8 cm³/mol. The number of hydrogen-bond acceptors (Lipinski definition) is 3. The van der Waals surface area contributed by atoms with Crippen LogP contribution in [0.3, 0.4) is 0 Å². The summed E-state index contributed by atoms with van der Waals surface area (Å²) in [5.74, 6) is 0. The van der Waals surface area contributed by atoms with Gasteiger partial charge in [-0.2, -0.15) is 0 Å². The third kappa shape index (κ3) is 1.79. The van der Waals surface area contributed by atoms with Crippen molar-refractivity contribution < 1.29 is 4.79 Å². The van der Waals surface area contributed by atoms with E-state index in [4.69, 9.17) is 0 Å². The molecule has 0 spiro atoms. The van der Waals surface area contributed by atoms with Crippen molar-refractivity contribution in [1.29, 1.82) is 0 Å². The normalized spacial score (nSPS) is 11.0. The Hall–Kier alpha value is -1.46. The van der Waals surface area contributed by atoms with Crippen LogP contribution < -0.4 is 0 Å². The van der Waals surface area contributed by atoms with E-state index in [-0.39, 0.29) is 0 Å². The van der Waals surface area contributed by atoms with E-state index in [9.17, 15) is 4.79 Å². The zero-order valence-electron chi connectivity index (χ0n) is 9.55. The summed E-state index contributed by atoms with van der Waals surface area (Å²) >= 11 is 5.10. The molecule has 0 N–H and O–H groups in total. The Bertz CT molecular complexity index is 745. The number of nitrogens with zero attached hydrogens (tertiary/aromatic N) is 2. The van der Waals surface area contributed by atoms with Gasteiger partial charge in [0.15, 0.2) is 11.4 Å². The Balaban J connectivity index is 2.25. The standard InChI is InChI=1S/C13H9BrN2OS/c1-8-5-10(14)12-11(6-8)18-13(15-12)16-4-2-3-9(16)7-17/h2-7H,1H3. The van der Waals surface area contributed by atoms with Crippen molar-refractivity contribution >= 4 is 43.8 Å². The van der Waals surface area contributed by atoms with Crippen LogP contribution >= 0.6 is 27.3 Å². The number of aldehydes is 1. The maximum atomic E-state index is 10.9. The summed E-state index contributed by atoms with van der Waals surface area (Å²) in [6.07, 6.45) is 2.69. The summed E-state index contributed by atoms with van der Waals surface area (Å²) in [5, 5.41) is 0.809. The van der Waals surface area contributed by atoms with E-state index >= 15 is 0 Å². The lowest BCUT2D eigenvalue weighted by atomic mass is 10.2. The molecule has 0 unspecified atom stereocenters. The summed E-state index contributed by atoms with van der Waals surface area (Å²) in [7, 11) is 0. The molecule has 0 aliphatic rings. The summed E-state index contributed by atoms with van der Waals surface area (Å²) in [6.45, 7) is 2.05. The van der Waals surface area contributed by atoms with Crippen molar-refractivity contribution in [2.24, 2.45) is 0 Å². The van der Waals surface area contributed by atoms with Crippen LogP contribution in [-0.2, 0) is 0 Å². The van der Waals surface area contributed by atoms with Crippen LogP contribution in [0.2, 0.25) is 0 Å². The highest BCUT2D eigenvalue weighted by atomic mass is 79.9. The lowest BCUT2D eigenvalue weighted by Gasteiger charge is -1.97. The smallest absolute Gasteiger partial charge is 0.195 e. The second-order valence-corrected chi connectivity index (χ2v) is 5.87. The maximum Gasteiger partial charge on any atom is 0.195 e. The minimum absolute atomic E-state index is 0.613. The first kappa shape index (κ1) is 11.6. The largest absolute Gasteiger partial charge is 0.296 e. The summed E-state index contributed by atoms with van der Waals surface area (Å²) < 4.78 is 3.90. The molecule has 2 aromatic heterocycles. The molecule has 0 aliphatic heterocycles. The van der Waals surface area contributed by atoms with Crippen molar-refractivity contribution in [1.82, 2.24) is 9.55 Å². The van der Waals surface area contributed by atoms with Gasteiger partial charge in [0.25, 0.3) is 0 Å². The number of aryl methyl sites for hydroxylation is 1. The number of benzene rings is 1. The second kappa shape index (κ2) is 4.33. The maximum absolute atomic E-state index is 10.9. The van der Waals surface area contributed by atoms with Crippen molar-refractivity contribution in [2.45, 2.75) is 6.92 Å². The fourth-order valence-corrected chi connectivity index (χ4v) is 3.76. The van der Waals surface area contributed by atoms with Gasteiger partial charge in [-0.1, -0.05) is 11.3 Å². The van der Waals surface area contributed by atoms with Crippen LogP contribution in [0.4, 0.5) is 0 Å². The van der Waals surface area contributed by atoms with Crippen LogP contribution in [-0.4, -0.2) is 15.8 Å². The molecule has 3 nitrogen and oxygen atoms in total. The lowest BCUT2D eigenvalue weighted by molar-refractivity contribution is 0.111. The van der Waals surface area contributed by atoms with Gasteiger partial charge >= 0.3 is 0 Å². The van der Waals surface area contributed by atoms with Gasteiger partial charge in [0.05, 0.1) is 15.9 Å². The number of aromatic nitrogens is 2. The minimum atomic E-state index is 0.613. The highest BCUT2D eigenvalue weighted by Gasteiger charge is 2.11. The third-order valence-corrected chi connectivity index (χ3v) is 4.29. The monoisotopic (exact) mass is 320 g/mol. The molecule has 3 aromatic rings. The quantitative estimate of drug-likeness (QED) is 0.670. The molecule has 3 rings (SSSR count). The highest BCUT2D eigenvalue weighted by Crippen LogP contribution is 2.31. The average Bonchev–Trinajstić information content (AvgIpc) is 2.92. The zero-order chi connectivity index (χ0) is 12.7. The highest BCUT2D eigenvalue weighted by molar-refractivity contribution is 9.10. The zero-order valence-corrected chi connectivity index (χ0v) is 12.0. The summed E-state index contributed by atoms with van der Waals surface area (Å²) in [4.78, 5) is 15.5. The van der Waals surface area contributed by atoms with E-state index in [1.165, 1.54) is 5.56 Å². The number of carbonyl (C=O) groups excluding carboxylic acids is 1. The molecule has 0 radical (unpaired) electrons.